The number of hydrogen-bond acceptors (Lipinski definition) is 5. The molecule has 1 aliphatic carbocycles. The highest BCUT2D eigenvalue weighted by Gasteiger charge is 2.33. The van der Waals surface area contributed by atoms with Crippen LogP contribution in [0.25, 0.3) is 0 Å². The average molecular weight is 525 g/mol. The van der Waals surface area contributed by atoms with Crippen LogP contribution >= 0.6 is 0 Å². The van der Waals surface area contributed by atoms with Crippen LogP contribution in [-0.2, 0) is 4.79 Å². The third-order valence-electron chi connectivity index (χ3n) is 8.00. The van der Waals surface area contributed by atoms with Gasteiger partial charge >= 0.3 is 0 Å². The van der Waals surface area contributed by atoms with Crippen LogP contribution in [0.15, 0.2) is 48.5 Å². The summed E-state index contributed by atoms with van der Waals surface area (Å²) in [5.41, 5.74) is 0.152. The molecule has 38 heavy (non-hydrogen) atoms. The van der Waals surface area contributed by atoms with Gasteiger partial charge in [0, 0.05) is 37.2 Å². The zero-order chi connectivity index (χ0) is 27.1. The van der Waals surface area contributed by atoms with Crippen LogP contribution in [0.5, 0.6) is 0 Å². The Bertz CT molecular complexity index is 1140. The number of nitro groups is 1. The van der Waals surface area contributed by atoms with Crippen molar-refractivity contribution in [3.8, 4) is 0 Å². The number of halogens is 1. The number of nitrogens with zero attached hydrogens (tertiary/aromatic N) is 2. The molecule has 9 heteroatoms. The van der Waals surface area contributed by atoms with Gasteiger partial charge in [0.25, 0.3) is 11.6 Å². The molecular weight excluding hydrogens is 487 g/mol. The Balaban J connectivity index is 1.34. The summed E-state index contributed by atoms with van der Waals surface area (Å²) >= 11 is 0. The lowest BCUT2D eigenvalue weighted by Gasteiger charge is -2.40. The van der Waals surface area contributed by atoms with Gasteiger partial charge in [0.15, 0.2) is 0 Å². The Labute approximate surface area is 223 Å². The van der Waals surface area contributed by atoms with Crippen LogP contribution in [-0.4, -0.2) is 46.8 Å². The topological polar surface area (TPSA) is 105 Å². The summed E-state index contributed by atoms with van der Waals surface area (Å²) in [5, 5.41) is 17.5. The quantitative estimate of drug-likeness (QED) is 0.349. The first-order valence-corrected chi connectivity index (χ1v) is 13.6. The lowest BCUT2D eigenvalue weighted by molar-refractivity contribution is -0.385. The molecule has 8 nitrogen and oxygen atoms in total. The molecule has 0 aromatic heterocycles. The van der Waals surface area contributed by atoms with Crippen LogP contribution in [0.4, 0.5) is 10.1 Å². The van der Waals surface area contributed by atoms with E-state index in [0.29, 0.717) is 19.3 Å². The molecule has 0 bridgehead atoms. The number of likely N-dealkylation sites (tertiary alicyclic amines) is 1. The number of carbonyl (C=O) groups excluding carboxylic acids is 2. The zero-order valence-electron chi connectivity index (χ0n) is 22.0. The number of amides is 2. The summed E-state index contributed by atoms with van der Waals surface area (Å²) in [6.45, 7) is 4.16. The van der Waals surface area contributed by atoms with Gasteiger partial charge in [-0.1, -0.05) is 43.5 Å². The molecule has 204 valence electrons. The summed E-state index contributed by atoms with van der Waals surface area (Å²) in [7, 11) is 0. The summed E-state index contributed by atoms with van der Waals surface area (Å²) in [6, 6.07) is 12.1. The fourth-order valence-electron chi connectivity index (χ4n) is 5.57. The summed E-state index contributed by atoms with van der Waals surface area (Å²) in [6.07, 6.45) is 7.17. The molecule has 1 aliphatic heterocycles. The van der Waals surface area contributed by atoms with E-state index in [1.165, 1.54) is 30.7 Å². The van der Waals surface area contributed by atoms with Gasteiger partial charge in [0.1, 0.15) is 11.4 Å². The smallest absolute Gasteiger partial charge is 0.282 e. The molecule has 4 rings (SSSR count). The van der Waals surface area contributed by atoms with Gasteiger partial charge in [0.05, 0.1) is 11.0 Å². The number of nitro benzene ring substituents is 1. The van der Waals surface area contributed by atoms with Gasteiger partial charge in [-0.3, -0.25) is 19.7 Å². The third-order valence-corrected chi connectivity index (χ3v) is 8.00. The number of nitrogens with one attached hydrogen (secondary N) is 2. The number of benzene rings is 2. The van der Waals surface area contributed by atoms with Crippen molar-refractivity contribution in [2.75, 3.05) is 19.6 Å². The van der Waals surface area contributed by atoms with Crippen molar-refractivity contribution >= 4 is 17.5 Å². The SMILES string of the molecule is CC1(NC(=O)c2ccccc2[N+](=O)[O-])CCN(CC[C@H](NC(=O)C2CCCCC2)c2cccc(F)c2)CC1. The van der Waals surface area contributed by atoms with Gasteiger partial charge in [0.2, 0.25) is 5.91 Å². The molecule has 2 aromatic rings. The molecule has 0 unspecified atom stereocenters. The van der Waals surface area contributed by atoms with Gasteiger partial charge in [-0.2, -0.15) is 0 Å². The van der Waals surface area contributed by atoms with Gasteiger partial charge < -0.3 is 15.5 Å². The maximum absolute atomic E-state index is 14.0. The molecule has 1 saturated carbocycles. The highest BCUT2D eigenvalue weighted by molar-refractivity contribution is 5.98. The van der Waals surface area contributed by atoms with E-state index in [-0.39, 0.29) is 34.9 Å². The summed E-state index contributed by atoms with van der Waals surface area (Å²) in [4.78, 5) is 38.9. The number of para-hydroxylation sites is 1. The second kappa shape index (κ2) is 12.5. The predicted molar refractivity (Wildman–Crippen MR) is 143 cm³/mol. The van der Waals surface area contributed by atoms with E-state index in [9.17, 15) is 24.1 Å². The number of piperidine rings is 1. The minimum absolute atomic E-state index is 0.0274. The standard InChI is InChI=1S/C29H37FN4O4/c1-29(32-28(36)24-12-5-6-13-26(24)34(37)38)15-18-33(19-16-29)17-14-25(22-10-7-11-23(30)20-22)31-27(35)21-8-3-2-4-9-21/h5-7,10-13,20-21,25H,2-4,8-9,14-19H2,1H3,(H,31,35)(H,32,36)/t25-/m0/s1. The predicted octanol–water partition coefficient (Wildman–Crippen LogP) is 5.15. The van der Waals surface area contributed by atoms with E-state index >= 15 is 0 Å². The van der Waals surface area contributed by atoms with E-state index in [2.05, 4.69) is 15.5 Å². The van der Waals surface area contributed by atoms with Crippen molar-refractivity contribution in [2.45, 2.75) is 69.9 Å². The van der Waals surface area contributed by atoms with Gasteiger partial charge in [-0.05, 0) is 62.8 Å². The molecule has 2 aliphatic rings. The minimum Gasteiger partial charge on any atom is -0.349 e. The third kappa shape index (κ3) is 7.16. The van der Waals surface area contributed by atoms with E-state index < -0.39 is 16.4 Å². The second-order valence-electron chi connectivity index (χ2n) is 10.9. The minimum atomic E-state index is -0.540. The Kier molecular flexibility index (Phi) is 9.09. The van der Waals surface area contributed by atoms with Crippen molar-refractivity contribution in [1.82, 2.24) is 15.5 Å². The van der Waals surface area contributed by atoms with Gasteiger partial charge in [-0.15, -0.1) is 0 Å². The van der Waals surface area contributed by atoms with Crippen LogP contribution in [0.1, 0.15) is 80.3 Å². The molecule has 1 atom stereocenters. The maximum Gasteiger partial charge on any atom is 0.282 e. The molecule has 2 aromatic carbocycles. The van der Waals surface area contributed by atoms with Crippen molar-refractivity contribution in [3.05, 3.63) is 75.6 Å². The molecule has 0 spiro atoms. The van der Waals surface area contributed by atoms with Crippen molar-refractivity contribution in [3.63, 3.8) is 0 Å². The van der Waals surface area contributed by atoms with Crippen LogP contribution < -0.4 is 10.6 Å². The first-order valence-electron chi connectivity index (χ1n) is 13.6. The van der Waals surface area contributed by atoms with Crippen LogP contribution in [0.2, 0.25) is 0 Å². The number of hydrogen-bond donors (Lipinski definition) is 2. The molecule has 2 fully saturated rings. The molecule has 1 saturated heterocycles. The van der Waals surface area contributed by atoms with Gasteiger partial charge in [-0.25, -0.2) is 4.39 Å². The Hall–Kier alpha value is -3.33. The van der Waals surface area contributed by atoms with E-state index in [0.717, 1.165) is 50.9 Å². The summed E-state index contributed by atoms with van der Waals surface area (Å²) in [5.74, 6) is -0.671. The Morgan fingerprint density at radius 2 is 1.82 bits per heavy atom. The van der Waals surface area contributed by atoms with E-state index in [1.54, 1.807) is 18.2 Å². The largest absolute Gasteiger partial charge is 0.349 e. The van der Waals surface area contributed by atoms with E-state index in [1.807, 2.05) is 13.0 Å². The molecular formula is C29H37FN4O4. The molecule has 2 amide bonds. The number of carbonyl (C=O) groups is 2. The lowest BCUT2D eigenvalue weighted by atomic mass is 9.88. The summed E-state index contributed by atoms with van der Waals surface area (Å²) < 4.78 is 14.0. The normalized spacial score (nSPS) is 18.9. The fraction of sp³-hybridized carbons (Fsp3) is 0.517. The zero-order valence-corrected chi connectivity index (χ0v) is 22.0. The van der Waals surface area contributed by atoms with Crippen LogP contribution in [0.3, 0.4) is 0 Å². The van der Waals surface area contributed by atoms with Crippen molar-refractivity contribution < 1.29 is 18.9 Å². The van der Waals surface area contributed by atoms with E-state index in [4.69, 9.17) is 0 Å². The first-order chi connectivity index (χ1) is 18.2. The lowest BCUT2D eigenvalue weighted by Crippen LogP contribution is -2.53. The number of rotatable bonds is 9. The molecule has 0 radical (unpaired) electrons. The highest BCUT2D eigenvalue weighted by atomic mass is 19.1. The van der Waals surface area contributed by atoms with Crippen LogP contribution in [0, 0.1) is 21.8 Å². The molecule has 2 N–H and O–H groups in total. The van der Waals surface area contributed by atoms with Crippen molar-refractivity contribution in [2.24, 2.45) is 5.92 Å². The molecule has 1 heterocycles. The monoisotopic (exact) mass is 524 g/mol. The van der Waals surface area contributed by atoms with Crippen molar-refractivity contribution in [1.29, 1.82) is 0 Å². The second-order valence-corrected chi connectivity index (χ2v) is 10.9. The Morgan fingerprint density at radius 1 is 1.11 bits per heavy atom. The maximum atomic E-state index is 14.0. The highest BCUT2D eigenvalue weighted by Crippen LogP contribution is 2.28. The first kappa shape index (κ1) is 27.7. The fourth-order valence-corrected chi connectivity index (χ4v) is 5.57. The Morgan fingerprint density at radius 3 is 2.50 bits per heavy atom. The average Bonchev–Trinajstić information content (AvgIpc) is 2.92.